The Bertz CT molecular complexity index is 434. The number of aryl methyl sites for hydroxylation is 1. The Hall–Kier alpha value is -1.51. The van der Waals surface area contributed by atoms with Crippen molar-refractivity contribution in [1.29, 1.82) is 0 Å². The van der Waals surface area contributed by atoms with Crippen LogP contribution in [0.5, 0.6) is 5.75 Å². The van der Waals surface area contributed by atoms with Crippen molar-refractivity contribution >= 4 is 11.6 Å². The molecule has 0 aromatic heterocycles. The van der Waals surface area contributed by atoms with Crippen molar-refractivity contribution in [3.8, 4) is 5.75 Å². The summed E-state index contributed by atoms with van der Waals surface area (Å²) in [4.78, 5) is 12.1. The number of carbonyl (C=O) groups is 1. The highest BCUT2D eigenvalue weighted by atomic mass is 16.3. The van der Waals surface area contributed by atoms with Crippen molar-refractivity contribution in [2.45, 2.75) is 51.9 Å². The van der Waals surface area contributed by atoms with Crippen molar-refractivity contribution in [2.24, 2.45) is 5.92 Å². The van der Waals surface area contributed by atoms with Crippen LogP contribution in [-0.4, -0.2) is 11.0 Å². The van der Waals surface area contributed by atoms with Crippen LogP contribution in [0, 0.1) is 12.8 Å². The fourth-order valence-corrected chi connectivity index (χ4v) is 2.82. The Morgan fingerprint density at radius 1 is 1.26 bits per heavy atom. The fraction of sp³-hybridized carbons (Fsp3) is 0.562. The summed E-state index contributed by atoms with van der Waals surface area (Å²) in [5.74, 6) is 0.875. The van der Waals surface area contributed by atoms with Crippen LogP contribution in [0.4, 0.5) is 5.69 Å². The molecule has 0 spiro atoms. The Morgan fingerprint density at radius 3 is 2.58 bits per heavy atom. The molecule has 0 radical (unpaired) electrons. The van der Waals surface area contributed by atoms with E-state index in [2.05, 4.69) is 5.32 Å². The molecule has 1 aromatic rings. The summed E-state index contributed by atoms with van der Waals surface area (Å²) >= 11 is 0. The maximum Gasteiger partial charge on any atom is 0.224 e. The average molecular weight is 261 g/mol. The van der Waals surface area contributed by atoms with E-state index in [0.29, 0.717) is 12.3 Å². The van der Waals surface area contributed by atoms with E-state index in [1.165, 1.54) is 38.5 Å². The first kappa shape index (κ1) is 13.9. The lowest BCUT2D eigenvalue weighted by atomic mass is 9.96. The van der Waals surface area contributed by atoms with Gasteiger partial charge in [-0.3, -0.25) is 4.79 Å². The second-order valence-corrected chi connectivity index (χ2v) is 5.61. The Labute approximate surface area is 115 Å². The topological polar surface area (TPSA) is 49.3 Å². The molecule has 1 fully saturated rings. The minimum Gasteiger partial charge on any atom is -0.508 e. The van der Waals surface area contributed by atoms with Gasteiger partial charge in [-0.05, 0) is 49.4 Å². The number of carbonyl (C=O) groups excluding carboxylic acids is 1. The number of phenolic OH excluding ortho intramolecular Hbond substituents is 1. The molecule has 19 heavy (non-hydrogen) atoms. The minimum atomic E-state index is 0.0979. The number of phenols is 1. The van der Waals surface area contributed by atoms with Crippen LogP contribution in [0.1, 0.15) is 50.5 Å². The third-order valence-electron chi connectivity index (χ3n) is 3.93. The Morgan fingerprint density at radius 2 is 1.95 bits per heavy atom. The van der Waals surface area contributed by atoms with Gasteiger partial charge in [0.2, 0.25) is 5.91 Å². The average Bonchev–Trinajstić information content (AvgIpc) is 2.61. The summed E-state index contributed by atoms with van der Waals surface area (Å²) in [5, 5.41) is 12.3. The molecular formula is C16H23NO2. The maximum absolute atomic E-state index is 12.1. The summed E-state index contributed by atoms with van der Waals surface area (Å²) in [5.41, 5.74) is 1.70. The number of hydrogen-bond acceptors (Lipinski definition) is 2. The van der Waals surface area contributed by atoms with E-state index in [4.69, 9.17) is 0 Å². The maximum atomic E-state index is 12.1. The number of aromatic hydroxyl groups is 1. The van der Waals surface area contributed by atoms with Crippen LogP contribution in [-0.2, 0) is 4.79 Å². The largest absolute Gasteiger partial charge is 0.508 e. The molecule has 3 nitrogen and oxygen atoms in total. The molecule has 0 atom stereocenters. The van der Waals surface area contributed by atoms with Gasteiger partial charge in [-0.25, -0.2) is 0 Å². The summed E-state index contributed by atoms with van der Waals surface area (Å²) in [6, 6.07) is 5.03. The summed E-state index contributed by atoms with van der Waals surface area (Å²) < 4.78 is 0. The molecule has 0 saturated heterocycles. The van der Waals surface area contributed by atoms with Crippen LogP contribution in [0.15, 0.2) is 18.2 Å². The predicted octanol–water partition coefficient (Wildman–Crippen LogP) is 4.00. The first-order valence-corrected chi connectivity index (χ1v) is 7.24. The lowest BCUT2D eigenvalue weighted by Gasteiger charge is -2.14. The predicted molar refractivity (Wildman–Crippen MR) is 77.3 cm³/mol. The van der Waals surface area contributed by atoms with Crippen molar-refractivity contribution < 1.29 is 9.90 Å². The molecule has 104 valence electrons. The van der Waals surface area contributed by atoms with Gasteiger partial charge in [0.05, 0.1) is 0 Å². The third kappa shape index (κ3) is 4.27. The molecular weight excluding hydrogens is 238 g/mol. The number of nitrogens with one attached hydrogen (secondary N) is 1. The van der Waals surface area contributed by atoms with Crippen molar-refractivity contribution in [1.82, 2.24) is 0 Å². The molecule has 1 aliphatic carbocycles. The van der Waals surface area contributed by atoms with Crippen LogP contribution in [0.3, 0.4) is 0 Å². The van der Waals surface area contributed by atoms with E-state index in [1.807, 2.05) is 6.92 Å². The normalized spacial score (nSPS) is 16.9. The van der Waals surface area contributed by atoms with Gasteiger partial charge >= 0.3 is 0 Å². The molecule has 0 bridgehead atoms. The van der Waals surface area contributed by atoms with Gasteiger partial charge in [0.25, 0.3) is 0 Å². The molecule has 0 heterocycles. The van der Waals surface area contributed by atoms with Gasteiger partial charge in [-0.15, -0.1) is 0 Å². The highest BCUT2D eigenvalue weighted by Crippen LogP contribution is 2.26. The number of hydrogen-bond donors (Lipinski definition) is 2. The molecule has 1 aromatic carbocycles. The molecule has 2 N–H and O–H groups in total. The number of anilines is 1. The second kappa shape index (κ2) is 6.60. The molecule has 0 unspecified atom stereocenters. The van der Waals surface area contributed by atoms with E-state index < -0.39 is 0 Å². The van der Waals surface area contributed by atoms with Gasteiger partial charge in [0.1, 0.15) is 5.75 Å². The fourth-order valence-electron chi connectivity index (χ4n) is 2.82. The highest BCUT2D eigenvalue weighted by molar-refractivity contribution is 5.91. The quantitative estimate of drug-likeness (QED) is 0.638. The number of benzene rings is 1. The monoisotopic (exact) mass is 261 g/mol. The molecule has 2 rings (SSSR count). The van der Waals surface area contributed by atoms with Gasteiger partial charge in [0.15, 0.2) is 0 Å². The number of rotatable bonds is 3. The number of amides is 1. The SMILES string of the molecule is Cc1cc(O)ccc1NC(=O)CC1CCCCCC1. The lowest BCUT2D eigenvalue weighted by molar-refractivity contribution is -0.117. The van der Waals surface area contributed by atoms with Crippen molar-refractivity contribution in [3.05, 3.63) is 23.8 Å². The van der Waals surface area contributed by atoms with Gasteiger partial charge < -0.3 is 10.4 Å². The van der Waals surface area contributed by atoms with E-state index in [1.54, 1.807) is 18.2 Å². The van der Waals surface area contributed by atoms with Gasteiger partial charge in [-0.2, -0.15) is 0 Å². The van der Waals surface area contributed by atoms with E-state index in [0.717, 1.165) is 11.3 Å². The van der Waals surface area contributed by atoms with Crippen molar-refractivity contribution in [2.75, 3.05) is 5.32 Å². The first-order valence-electron chi connectivity index (χ1n) is 7.24. The second-order valence-electron chi connectivity index (χ2n) is 5.61. The Balaban J connectivity index is 1.89. The first-order chi connectivity index (χ1) is 9.15. The standard InChI is InChI=1S/C16H23NO2/c1-12-10-14(18)8-9-15(12)17-16(19)11-13-6-4-2-3-5-7-13/h8-10,13,18H,2-7,11H2,1H3,(H,17,19). The zero-order chi connectivity index (χ0) is 13.7. The molecule has 3 heteroatoms. The molecule has 1 amide bonds. The van der Waals surface area contributed by atoms with Gasteiger partial charge in [0, 0.05) is 12.1 Å². The lowest BCUT2D eigenvalue weighted by Crippen LogP contribution is -2.16. The zero-order valence-corrected chi connectivity index (χ0v) is 11.6. The van der Waals surface area contributed by atoms with E-state index in [-0.39, 0.29) is 11.7 Å². The highest BCUT2D eigenvalue weighted by Gasteiger charge is 2.16. The smallest absolute Gasteiger partial charge is 0.224 e. The third-order valence-corrected chi connectivity index (χ3v) is 3.93. The van der Waals surface area contributed by atoms with Crippen LogP contribution < -0.4 is 5.32 Å². The van der Waals surface area contributed by atoms with Crippen LogP contribution >= 0.6 is 0 Å². The minimum absolute atomic E-state index is 0.0979. The molecule has 1 aliphatic rings. The van der Waals surface area contributed by atoms with Crippen LogP contribution in [0.25, 0.3) is 0 Å². The van der Waals surface area contributed by atoms with Crippen LogP contribution in [0.2, 0.25) is 0 Å². The van der Waals surface area contributed by atoms with Crippen molar-refractivity contribution in [3.63, 3.8) is 0 Å². The summed E-state index contributed by atoms with van der Waals surface area (Å²) in [6.45, 7) is 1.89. The summed E-state index contributed by atoms with van der Waals surface area (Å²) in [6.07, 6.45) is 8.14. The molecule has 1 saturated carbocycles. The summed E-state index contributed by atoms with van der Waals surface area (Å²) in [7, 11) is 0. The van der Waals surface area contributed by atoms with E-state index in [9.17, 15) is 9.90 Å². The van der Waals surface area contributed by atoms with Gasteiger partial charge in [-0.1, -0.05) is 25.7 Å². The Kier molecular flexibility index (Phi) is 4.83. The zero-order valence-electron chi connectivity index (χ0n) is 11.6. The molecule has 0 aliphatic heterocycles. The van der Waals surface area contributed by atoms with E-state index >= 15 is 0 Å².